The van der Waals surface area contributed by atoms with Crippen LogP contribution in [0.15, 0.2) is 78.0 Å². The van der Waals surface area contributed by atoms with Crippen LogP contribution in [0.25, 0.3) is 0 Å². The number of hydrogen-bond acceptors (Lipinski definition) is 3. The Kier molecular flexibility index (Phi) is 6.07. The molecule has 0 aliphatic carbocycles. The van der Waals surface area contributed by atoms with Crippen molar-refractivity contribution in [2.24, 2.45) is 5.16 Å². The average molecular weight is 420 g/mol. The minimum atomic E-state index is -0.685. The highest BCUT2D eigenvalue weighted by molar-refractivity contribution is 6.01. The van der Waals surface area contributed by atoms with Gasteiger partial charge in [0.1, 0.15) is 11.6 Å². The summed E-state index contributed by atoms with van der Waals surface area (Å²) in [4.78, 5) is 20.3. The van der Waals surface area contributed by atoms with Crippen molar-refractivity contribution in [2.45, 2.75) is 26.0 Å². The maximum Gasteiger partial charge on any atom is 0.254 e. The lowest BCUT2D eigenvalue weighted by atomic mass is 10.0. The second kappa shape index (κ2) is 9.08. The number of carbonyl (C=O) groups is 1. The van der Waals surface area contributed by atoms with Crippen LogP contribution in [0.3, 0.4) is 0 Å². The van der Waals surface area contributed by atoms with Crippen LogP contribution in [0.1, 0.15) is 33.5 Å². The van der Waals surface area contributed by atoms with Crippen LogP contribution in [0.5, 0.6) is 0 Å². The van der Waals surface area contributed by atoms with Crippen molar-refractivity contribution in [1.29, 1.82) is 0 Å². The molecule has 0 saturated heterocycles. The van der Waals surface area contributed by atoms with E-state index in [0.717, 1.165) is 22.9 Å². The maximum atomic E-state index is 14.3. The summed E-state index contributed by atoms with van der Waals surface area (Å²) in [6, 6.07) is 20.3. The highest BCUT2D eigenvalue weighted by Gasteiger charge is 2.28. The first-order valence-electron chi connectivity index (χ1n) is 10.1. The minimum Gasteiger partial charge on any atom is -0.390 e. The molecule has 31 heavy (non-hydrogen) atoms. The summed E-state index contributed by atoms with van der Waals surface area (Å²) < 4.78 is 27.6. The minimum absolute atomic E-state index is 0.000641. The van der Waals surface area contributed by atoms with Gasteiger partial charge >= 0.3 is 0 Å². The molecule has 0 fully saturated rings. The molecule has 4 nitrogen and oxygen atoms in total. The number of halogens is 2. The van der Waals surface area contributed by atoms with Gasteiger partial charge in [0.2, 0.25) is 0 Å². The Bertz CT molecular complexity index is 1100. The average Bonchev–Trinajstić information content (AvgIpc) is 3.24. The van der Waals surface area contributed by atoms with Gasteiger partial charge in [-0.3, -0.25) is 4.79 Å². The van der Waals surface area contributed by atoms with Gasteiger partial charge in [0.05, 0.1) is 12.3 Å². The van der Waals surface area contributed by atoms with Gasteiger partial charge in [-0.25, -0.2) is 8.78 Å². The molecular formula is C25H22F2N2O2. The summed E-state index contributed by atoms with van der Waals surface area (Å²) in [6.45, 7) is 2.16. The Balaban J connectivity index is 1.53. The molecule has 158 valence electrons. The topological polar surface area (TPSA) is 41.9 Å². The fourth-order valence-electron chi connectivity index (χ4n) is 3.53. The lowest BCUT2D eigenvalue weighted by molar-refractivity contribution is 0.0403. The van der Waals surface area contributed by atoms with E-state index in [1.54, 1.807) is 12.1 Å². The van der Waals surface area contributed by atoms with E-state index in [-0.39, 0.29) is 30.7 Å². The molecule has 1 atom stereocenters. The summed E-state index contributed by atoms with van der Waals surface area (Å²) >= 11 is 0. The summed E-state index contributed by atoms with van der Waals surface area (Å²) in [5.41, 5.74) is 3.54. The van der Waals surface area contributed by atoms with E-state index in [9.17, 15) is 13.6 Å². The van der Waals surface area contributed by atoms with Gasteiger partial charge < -0.3 is 9.74 Å². The molecule has 0 bridgehead atoms. The van der Waals surface area contributed by atoms with E-state index < -0.39 is 11.6 Å². The van der Waals surface area contributed by atoms with E-state index in [1.165, 1.54) is 17.0 Å². The normalized spacial score (nSPS) is 15.3. The predicted molar refractivity (Wildman–Crippen MR) is 115 cm³/mol. The monoisotopic (exact) mass is 420 g/mol. The quantitative estimate of drug-likeness (QED) is 0.556. The molecule has 1 aliphatic rings. The van der Waals surface area contributed by atoms with Crippen LogP contribution in [0.4, 0.5) is 8.78 Å². The Morgan fingerprint density at radius 3 is 2.52 bits per heavy atom. The largest absolute Gasteiger partial charge is 0.390 e. The molecule has 1 unspecified atom stereocenters. The van der Waals surface area contributed by atoms with E-state index >= 15 is 0 Å². The van der Waals surface area contributed by atoms with E-state index in [0.29, 0.717) is 12.0 Å². The molecule has 6 heteroatoms. The zero-order chi connectivity index (χ0) is 21.8. The molecule has 1 heterocycles. The summed E-state index contributed by atoms with van der Waals surface area (Å²) in [6.07, 6.45) is 0.182. The van der Waals surface area contributed by atoms with Gasteiger partial charge in [-0.1, -0.05) is 59.3 Å². The van der Waals surface area contributed by atoms with Crippen LogP contribution in [0, 0.1) is 18.6 Å². The molecule has 0 aromatic heterocycles. The lowest BCUT2D eigenvalue weighted by Gasteiger charge is -2.25. The molecule has 1 amide bonds. The third kappa shape index (κ3) is 4.97. The number of rotatable bonds is 6. The second-order valence-electron chi connectivity index (χ2n) is 7.62. The third-order valence-corrected chi connectivity index (χ3v) is 5.23. The fraction of sp³-hybridized carbons (Fsp3) is 0.200. The van der Waals surface area contributed by atoms with E-state index in [2.05, 4.69) is 5.16 Å². The van der Waals surface area contributed by atoms with Crippen molar-refractivity contribution >= 4 is 11.6 Å². The standard InChI is InChI=1S/C25H22F2N2O2/c1-17-7-9-19(10-8-17)25(30)29(15-20-11-12-21(26)13-23(20)27)16-22-14-24(28-31-22)18-5-3-2-4-6-18/h2-13,22H,14-16H2,1H3. The van der Waals surface area contributed by atoms with Crippen LogP contribution in [-0.2, 0) is 11.4 Å². The van der Waals surface area contributed by atoms with Crippen molar-refractivity contribution in [1.82, 2.24) is 4.90 Å². The zero-order valence-corrected chi connectivity index (χ0v) is 17.1. The van der Waals surface area contributed by atoms with Gasteiger partial charge in [0, 0.05) is 30.2 Å². The zero-order valence-electron chi connectivity index (χ0n) is 17.1. The number of carbonyl (C=O) groups excluding carboxylic acids is 1. The number of oxime groups is 1. The maximum absolute atomic E-state index is 14.3. The van der Waals surface area contributed by atoms with Gasteiger partial charge in [-0.05, 0) is 30.7 Å². The van der Waals surface area contributed by atoms with Crippen molar-refractivity contribution in [3.8, 4) is 0 Å². The molecule has 3 aromatic rings. The number of amides is 1. The Labute approximate surface area is 179 Å². The summed E-state index contributed by atoms with van der Waals surface area (Å²) in [5, 5.41) is 4.18. The second-order valence-corrected chi connectivity index (χ2v) is 7.62. The predicted octanol–water partition coefficient (Wildman–Crippen LogP) is 5.11. The van der Waals surface area contributed by atoms with E-state index in [1.807, 2.05) is 49.4 Å². The molecular weight excluding hydrogens is 398 g/mol. The van der Waals surface area contributed by atoms with Crippen LogP contribution >= 0.6 is 0 Å². The van der Waals surface area contributed by atoms with Gasteiger partial charge in [0.25, 0.3) is 5.91 Å². The first kappa shape index (κ1) is 20.7. The van der Waals surface area contributed by atoms with Gasteiger partial charge in [-0.15, -0.1) is 0 Å². The number of aryl methyl sites for hydroxylation is 1. The Hall–Kier alpha value is -3.54. The van der Waals surface area contributed by atoms with Crippen LogP contribution < -0.4 is 0 Å². The lowest BCUT2D eigenvalue weighted by Crippen LogP contribution is -2.37. The van der Waals surface area contributed by atoms with Crippen molar-refractivity contribution in [3.63, 3.8) is 0 Å². The molecule has 3 aromatic carbocycles. The number of nitrogens with zero attached hydrogens (tertiary/aromatic N) is 2. The SMILES string of the molecule is Cc1ccc(C(=O)N(Cc2ccc(F)cc2F)CC2CC(c3ccccc3)=NO2)cc1. The number of benzene rings is 3. The van der Waals surface area contributed by atoms with Gasteiger partial charge in [-0.2, -0.15) is 0 Å². The smallest absolute Gasteiger partial charge is 0.254 e. The first-order chi connectivity index (χ1) is 15.0. The highest BCUT2D eigenvalue weighted by atomic mass is 19.1. The Morgan fingerprint density at radius 1 is 1.06 bits per heavy atom. The van der Waals surface area contributed by atoms with Crippen molar-refractivity contribution in [2.75, 3.05) is 6.54 Å². The molecule has 0 radical (unpaired) electrons. The highest BCUT2D eigenvalue weighted by Crippen LogP contribution is 2.21. The molecule has 0 spiro atoms. The molecule has 4 rings (SSSR count). The van der Waals surface area contributed by atoms with Crippen molar-refractivity contribution in [3.05, 3.63) is 107 Å². The first-order valence-corrected chi connectivity index (χ1v) is 10.1. The number of hydrogen-bond donors (Lipinski definition) is 0. The molecule has 0 N–H and O–H groups in total. The van der Waals surface area contributed by atoms with E-state index in [4.69, 9.17) is 4.84 Å². The van der Waals surface area contributed by atoms with Crippen LogP contribution in [-0.4, -0.2) is 29.2 Å². The van der Waals surface area contributed by atoms with Gasteiger partial charge in [0.15, 0.2) is 6.10 Å². The van der Waals surface area contributed by atoms with Crippen molar-refractivity contribution < 1.29 is 18.4 Å². The summed E-state index contributed by atoms with van der Waals surface area (Å²) in [7, 11) is 0. The summed E-state index contributed by atoms with van der Waals surface area (Å²) in [5.74, 6) is -1.59. The fourth-order valence-corrected chi connectivity index (χ4v) is 3.53. The molecule has 0 saturated carbocycles. The molecule has 1 aliphatic heterocycles. The van der Waals surface area contributed by atoms with Crippen LogP contribution in [0.2, 0.25) is 0 Å². The third-order valence-electron chi connectivity index (χ3n) is 5.23. The Morgan fingerprint density at radius 2 is 1.81 bits per heavy atom.